The number of ether oxygens (including phenoxy) is 1. The van der Waals surface area contributed by atoms with Crippen molar-refractivity contribution < 1.29 is 19.1 Å². The van der Waals surface area contributed by atoms with Gasteiger partial charge in [-0.2, -0.15) is 11.8 Å². The molecule has 0 bridgehead atoms. The smallest absolute Gasteiger partial charge is 0.408 e. The SMILES string of the molecule is CCCCCN(C(=O)C(CCSC)NC(=O)OC(C)(C)C)C(C(=O)NC(C)CCC)c1c(C)cccc1C. The predicted molar refractivity (Wildman–Crippen MR) is 159 cm³/mol. The molecule has 0 saturated carbocycles. The predicted octanol–water partition coefficient (Wildman–Crippen LogP) is 6.31. The summed E-state index contributed by atoms with van der Waals surface area (Å²) in [5, 5.41) is 5.98. The molecule has 8 heteroatoms. The summed E-state index contributed by atoms with van der Waals surface area (Å²) in [6.45, 7) is 16.0. The van der Waals surface area contributed by atoms with Crippen LogP contribution >= 0.6 is 11.8 Å². The Balaban J connectivity index is 3.57. The third-order valence-electron chi connectivity index (χ3n) is 6.37. The molecule has 3 unspecified atom stereocenters. The van der Waals surface area contributed by atoms with Gasteiger partial charge in [-0.3, -0.25) is 9.59 Å². The van der Waals surface area contributed by atoms with Crippen LogP contribution in [0.3, 0.4) is 0 Å². The Morgan fingerprint density at radius 1 is 1.00 bits per heavy atom. The van der Waals surface area contributed by atoms with E-state index in [2.05, 4.69) is 24.5 Å². The Morgan fingerprint density at radius 3 is 2.16 bits per heavy atom. The fourth-order valence-corrected chi connectivity index (χ4v) is 5.03. The van der Waals surface area contributed by atoms with E-state index in [1.165, 1.54) is 0 Å². The number of aryl methyl sites for hydroxylation is 2. The highest BCUT2D eigenvalue weighted by Gasteiger charge is 2.37. The molecule has 1 rings (SSSR count). The normalized spacial score (nSPS) is 13.8. The van der Waals surface area contributed by atoms with E-state index in [4.69, 9.17) is 4.74 Å². The lowest BCUT2D eigenvalue weighted by molar-refractivity contribution is -0.143. The molecule has 1 aromatic rings. The molecular formula is C30H51N3O4S. The summed E-state index contributed by atoms with van der Waals surface area (Å²) >= 11 is 1.61. The lowest BCUT2D eigenvalue weighted by Gasteiger charge is -2.36. The van der Waals surface area contributed by atoms with Gasteiger partial charge in [0.25, 0.3) is 0 Å². The number of alkyl carbamates (subject to hydrolysis) is 1. The van der Waals surface area contributed by atoms with E-state index in [-0.39, 0.29) is 17.9 Å². The minimum atomic E-state index is -0.799. The summed E-state index contributed by atoms with van der Waals surface area (Å²) in [6.07, 6.45) is 6.27. The molecule has 0 heterocycles. The number of carbonyl (C=O) groups excluding carboxylic acids is 3. The third-order valence-corrected chi connectivity index (χ3v) is 7.02. The molecule has 2 N–H and O–H groups in total. The van der Waals surface area contributed by atoms with Crippen LogP contribution in [-0.2, 0) is 14.3 Å². The molecule has 216 valence electrons. The molecule has 0 spiro atoms. The van der Waals surface area contributed by atoms with E-state index in [9.17, 15) is 14.4 Å². The van der Waals surface area contributed by atoms with E-state index in [1.807, 2.05) is 45.2 Å². The van der Waals surface area contributed by atoms with Crippen molar-refractivity contribution in [1.82, 2.24) is 15.5 Å². The molecule has 7 nitrogen and oxygen atoms in total. The highest BCUT2D eigenvalue weighted by atomic mass is 32.2. The first-order valence-electron chi connectivity index (χ1n) is 14.0. The molecule has 0 radical (unpaired) electrons. The molecular weight excluding hydrogens is 498 g/mol. The summed E-state index contributed by atoms with van der Waals surface area (Å²) in [7, 11) is 0. The zero-order chi connectivity index (χ0) is 28.9. The lowest BCUT2D eigenvalue weighted by atomic mass is 9.93. The molecule has 0 aliphatic carbocycles. The first kappa shape index (κ1) is 33.8. The second-order valence-electron chi connectivity index (χ2n) is 11.1. The second-order valence-corrected chi connectivity index (χ2v) is 12.1. The van der Waals surface area contributed by atoms with Crippen molar-refractivity contribution in [2.75, 3.05) is 18.6 Å². The Kier molecular flexibility index (Phi) is 14.8. The monoisotopic (exact) mass is 549 g/mol. The number of thioether (sulfide) groups is 1. The van der Waals surface area contributed by atoms with Crippen LogP contribution in [0.15, 0.2) is 18.2 Å². The van der Waals surface area contributed by atoms with Crippen LogP contribution in [0.25, 0.3) is 0 Å². The number of nitrogens with zero attached hydrogens (tertiary/aromatic N) is 1. The quantitative estimate of drug-likeness (QED) is 0.250. The van der Waals surface area contributed by atoms with Crippen molar-refractivity contribution in [3.8, 4) is 0 Å². The maximum atomic E-state index is 14.3. The van der Waals surface area contributed by atoms with Gasteiger partial charge in [-0.1, -0.05) is 51.3 Å². The molecule has 0 saturated heterocycles. The number of nitrogens with one attached hydrogen (secondary N) is 2. The number of benzene rings is 1. The van der Waals surface area contributed by atoms with Crippen molar-refractivity contribution in [1.29, 1.82) is 0 Å². The van der Waals surface area contributed by atoms with Gasteiger partial charge >= 0.3 is 6.09 Å². The Hall–Kier alpha value is -2.22. The Morgan fingerprint density at radius 2 is 1.63 bits per heavy atom. The molecule has 3 amide bonds. The van der Waals surface area contributed by atoms with Crippen molar-refractivity contribution in [2.45, 2.75) is 118 Å². The van der Waals surface area contributed by atoms with Gasteiger partial charge < -0.3 is 20.3 Å². The number of carbonyl (C=O) groups is 3. The van der Waals surface area contributed by atoms with E-state index in [0.29, 0.717) is 18.7 Å². The number of unbranched alkanes of at least 4 members (excludes halogenated alkanes) is 2. The van der Waals surface area contributed by atoms with E-state index in [1.54, 1.807) is 37.4 Å². The van der Waals surface area contributed by atoms with Gasteiger partial charge in [0.05, 0.1) is 0 Å². The Labute approximate surface area is 235 Å². The zero-order valence-electron chi connectivity index (χ0n) is 25.1. The molecule has 3 atom stereocenters. The number of hydrogen-bond acceptors (Lipinski definition) is 5. The molecule has 38 heavy (non-hydrogen) atoms. The van der Waals surface area contributed by atoms with Crippen LogP contribution in [0.2, 0.25) is 0 Å². The first-order valence-corrected chi connectivity index (χ1v) is 15.4. The summed E-state index contributed by atoms with van der Waals surface area (Å²) < 4.78 is 5.48. The average molecular weight is 550 g/mol. The summed E-state index contributed by atoms with van der Waals surface area (Å²) in [5.41, 5.74) is 2.08. The van der Waals surface area contributed by atoms with Crippen molar-refractivity contribution in [3.05, 3.63) is 34.9 Å². The second kappa shape index (κ2) is 16.7. The first-order chi connectivity index (χ1) is 17.9. The summed E-state index contributed by atoms with van der Waals surface area (Å²) in [6, 6.07) is 4.33. The van der Waals surface area contributed by atoms with Gasteiger partial charge in [-0.25, -0.2) is 4.79 Å². The van der Waals surface area contributed by atoms with Crippen LogP contribution in [0.5, 0.6) is 0 Å². The Bertz CT molecular complexity index is 880. The van der Waals surface area contributed by atoms with Gasteiger partial charge in [0.2, 0.25) is 11.8 Å². The van der Waals surface area contributed by atoms with Crippen LogP contribution in [0.1, 0.15) is 103 Å². The molecule has 0 aromatic heterocycles. The topological polar surface area (TPSA) is 87.7 Å². The number of hydrogen-bond donors (Lipinski definition) is 2. The van der Waals surface area contributed by atoms with Crippen molar-refractivity contribution >= 4 is 29.7 Å². The maximum Gasteiger partial charge on any atom is 0.408 e. The standard InChI is InChI=1S/C30H51N3O4S/c1-10-12-13-19-33(28(35)24(18-20-38-9)32-29(36)37-30(6,7)8)26(27(34)31-23(5)15-11-2)25-21(3)16-14-17-22(25)4/h14,16-17,23-24,26H,10-13,15,18-20H2,1-9H3,(H,31,34)(H,32,36). The van der Waals surface area contributed by atoms with Gasteiger partial charge in [-0.05, 0) is 89.5 Å². The van der Waals surface area contributed by atoms with Crippen molar-refractivity contribution in [2.24, 2.45) is 0 Å². The van der Waals surface area contributed by atoms with Crippen molar-refractivity contribution in [3.63, 3.8) is 0 Å². The van der Waals surface area contributed by atoms with Gasteiger partial charge in [0.1, 0.15) is 17.7 Å². The highest BCUT2D eigenvalue weighted by molar-refractivity contribution is 7.98. The number of rotatable bonds is 15. The minimum Gasteiger partial charge on any atom is -0.444 e. The zero-order valence-corrected chi connectivity index (χ0v) is 25.9. The summed E-state index contributed by atoms with van der Waals surface area (Å²) in [4.78, 5) is 42.6. The van der Waals surface area contributed by atoms with E-state index in [0.717, 1.165) is 48.8 Å². The lowest BCUT2D eigenvalue weighted by Crippen LogP contribution is -2.54. The van der Waals surface area contributed by atoms with Crippen LogP contribution in [-0.4, -0.2) is 59.0 Å². The minimum absolute atomic E-state index is 0.0147. The average Bonchev–Trinajstić information content (AvgIpc) is 2.81. The van der Waals surface area contributed by atoms with Crippen LogP contribution < -0.4 is 10.6 Å². The van der Waals surface area contributed by atoms with E-state index < -0.39 is 23.8 Å². The van der Waals surface area contributed by atoms with Gasteiger partial charge in [-0.15, -0.1) is 0 Å². The molecule has 0 aliphatic rings. The van der Waals surface area contributed by atoms with Crippen LogP contribution in [0, 0.1) is 13.8 Å². The largest absolute Gasteiger partial charge is 0.444 e. The third kappa shape index (κ3) is 11.3. The highest BCUT2D eigenvalue weighted by Crippen LogP contribution is 2.30. The summed E-state index contributed by atoms with van der Waals surface area (Å²) in [5.74, 6) is 0.240. The molecule has 0 aliphatic heterocycles. The fraction of sp³-hybridized carbons (Fsp3) is 0.700. The van der Waals surface area contributed by atoms with Gasteiger partial charge in [0.15, 0.2) is 0 Å². The van der Waals surface area contributed by atoms with Gasteiger partial charge in [0, 0.05) is 12.6 Å². The number of amides is 3. The molecule has 1 aromatic carbocycles. The fourth-order valence-electron chi connectivity index (χ4n) is 4.56. The van der Waals surface area contributed by atoms with Crippen LogP contribution in [0.4, 0.5) is 4.79 Å². The molecule has 0 fully saturated rings. The maximum absolute atomic E-state index is 14.3. The van der Waals surface area contributed by atoms with E-state index >= 15 is 0 Å².